The van der Waals surface area contributed by atoms with Crippen molar-refractivity contribution in [2.75, 3.05) is 26.3 Å². The predicted octanol–water partition coefficient (Wildman–Crippen LogP) is 4.76. The maximum Gasteiger partial charge on any atom is 0.336 e. The molecule has 40 heavy (non-hydrogen) atoms. The third-order valence-electron chi connectivity index (χ3n) is 7.71. The Morgan fingerprint density at radius 1 is 0.925 bits per heavy atom. The maximum atomic E-state index is 13.3. The van der Waals surface area contributed by atoms with E-state index in [1.54, 1.807) is 42.7 Å². The highest BCUT2D eigenvalue weighted by Gasteiger charge is 2.37. The number of ether oxygens (including phenoxy) is 2. The molecule has 2 amide bonds. The lowest BCUT2D eigenvalue weighted by Gasteiger charge is -2.34. The number of nitrogens with zero attached hydrogens (tertiary/aromatic N) is 2. The van der Waals surface area contributed by atoms with E-state index in [1.165, 1.54) is 0 Å². The van der Waals surface area contributed by atoms with Crippen LogP contribution in [0.25, 0.3) is 0 Å². The van der Waals surface area contributed by atoms with Crippen LogP contribution in [-0.4, -0.2) is 59.9 Å². The molecule has 2 aliphatic rings. The molecule has 0 spiro atoms. The lowest BCUT2D eigenvalue weighted by molar-refractivity contribution is -0.149. The number of amides is 2. The van der Waals surface area contributed by atoms with E-state index in [2.05, 4.69) is 0 Å². The standard InChI is InChI=1S/C32H38N2O6/c1-5-39-31(37)25-14-16-33(17-15-25)30(36)24-12-10-23(11-13-24)20-34-22(4)29(32(38)40-6-2)27(19-28(34)35)26-9-7-8-21(3)18-26/h7-13,18,25,27H,5-6,14-17,19-20H2,1-4H3. The molecule has 8 nitrogen and oxygen atoms in total. The summed E-state index contributed by atoms with van der Waals surface area (Å²) in [5.74, 6) is -1.26. The number of benzene rings is 2. The Labute approximate surface area is 235 Å². The largest absolute Gasteiger partial charge is 0.466 e. The van der Waals surface area contributed by atoms with Crippen LogP contribution in [0.2, 0.25) is 0 Å². The first-order valence-corrected chi connectivity index (χ1v) is 14.0. The summed E-state index contributed by atoms with van der Waals surface area (Å²) >= 11 is 0. The molecule has 0 aliphatic carbocycles. The van der Waals surface area contributed by atoms with Crippen molar-refractivity contribution in [2.45, 2.75) is 59.4 Å². The van der Waals surface area contributed by atoms with Gasteiger partial charge < -0.3 is 19.3 Å². The Morgan fingerprint density at radius 2 is 1.60 bits per heavy atom. The van der Waals surface area contributed by atoms with E-state index in [4.69, 9.17) is 9.47 Å². The lowest BCUT2D eigenvalue weighted by Crippen LogP contribution is -2.40. The molecule has 0 aromatic heterocycles. The van der Waals surface area contributed by atoms with E-state index in [0.717, 1.165) is 16.7 Å². The molecule has 0 bridgehead atoms. The molecule has 0 saturated carbocycles. The molecule has 0 N–H and O–H groups in total. The molecular weight excluding hydrogens is 508 g/mol. The summed E-state index contributed by atoms with van der Waals surface area (Å²) in [7, 11) is 0. The first kappa shape index (κ1) is 29.1. The van der Waals surface area contributed by atoms with Gasteiger partial charge in [-0.15, -0.1) is 0 Å². The SMILES string of the molecule is CCOC(=O)C1=C(C)N(Cc2ccc(C(=O)N3CCC(C(=O)OCC)CC3)cc2)C(=O)CC1c1cccc(C)c1. The van der Waals surface area contributed by atoms with E-state index in [9.17, 15) is 19.2 Å². The Morgan fingerprint density at radius 3 is 2.23 bits per heavy atom. The van der Waals surface area contributed by atoms with Crippen molar-refractivity contribution < 1.29 is 28.7 Å². The molecule has 212 valence electrons. The fourth-order valence-corrected chi connectivity index (χ4v) is 5.54. The molecule has 2 aromatic rings. The number of carbonyl (C=O) groups excluding carboxylic acids is 4. The number of piperidine rings is 1. The molecule has 1 atom stereocenters. The van der Waals surface area contributed by atoms with Gasteiger partial charge in [-0.25, -0.2) is 4.79 Å². The maximum absolute atomic E-state index is 13.3. The normalized spacial score (nSPS) is 18.1. The Balaban J connectivity index is 1.48. The average Bonchev–Trinajstić information content (AvgIpc) is 2.95. The van der Waals surface area contributed by atoms with Crippen LogP contribution in [-0.2, 0) is 30.4 Å². The molecule has 0 radical (unpaired) electrons. The average molecular weight is 547 g/mol. The third-order valence-corrected chi connectivity index (χ3v) is 7.71. The molecule has 1 saturated heterocycles. The predicted molar refractivity (Wildman–Crippen MR) is 150 cm³/mol. The van der Waals surface area contributed by atoms with Crippen LogP contribution in [0, 0.1) is 12.8 Å². The number of carbonyl (C=O) groups is 4. The topological polar surface area (TPSA) is 93.2 Å². The van der Waals surface area contributed by atoms with Crippen molar-refractivity contribution >= 4 is 23.8 Å². The van der Waals surface area contributed by atoms with Crippen LogP contribution in [0.3, 0.4) is 0 Å². The number of allylic oxidation sites excluding steroid dienone is 1. The third kappa shape index (κ3) is 6.43. The van der Waals surface area contributed by atoms with E-state index >= 15 is 0 Å². The van der Waals surface area contributed by atoms with E-state index in [-0.39, 0.29) is 49.2 Å². The van der Waals surface area contributed by atoms with Crippen LogP contribution >= 0.6 is 0 Å². The Hall–Kier alpha value is -3.94. The van der Waals surface area contributed by atoms with Crippen molar-refractivity contribution in [1.82, 2.24) is 9.80 Å². The quantitative estimate of drug-likeness (QED) is 0.443. The summed E-state index contributed by atoms with van der Waals surface area (Å²) in [5.41, 5.74) is 4.48. The summed E-state index contributed by atoms with van der Waals surface area (Å²) in [6.07, 6.45) is 1.36. The molecule has 2 aromatic carbocycles. The summed E-state index contributed by atoms with van der Waals surface area (Å²) < 4.78 is 10.5. The molecule has 2 heterocycles. The fourth-order valence-electron chi connectivity index (χ4n) is 5.54. The molecule has 2 aliphatic heterocycles. The lowest BCUT2D eigenvalue weighted by atomic mass is 9.83. The summed E-state index contributed by atoms with van der Waals surface area (Å²) in [6.45, 7) is 9.26. The van der Waals surface area contributed by atoms with E-state index in [0.29, 0.717) is 49.4 Å². The van der Waals surface area contributed by atoms with Gasteiger partial charge in [0.05, 0.1) is 31.2 Å². The van der Waals surface area contributed by atoms with Crippen molar-refractivity contribution in [3.8, 4) is 0 Å². The van der Waals surface area contributed by atoms with Gasteiger partial charge in [0, 0.05) is 36.7 Å². The monoisotopic (exact) mass is 546 g/mol. The zero-order valence-electron chi connectivity index (χ0n) is 23.8. The van der Waals surface area contributed by atoms with E-state index in [1.807, 2.05) is 43.3 Å². The van der Waals surface area contributed by atoms with Crippen LogP contribution in [0.1, 0.15) is 73.0 Å². The van der Waals surface area contributed by atoms with Gasteiger partial charge in [-0.1, -0.05) is 42.0 Å². The van der Waals surface area contributed by atoms with Crippen LogP contribution in [0.4, 0.5) is 0 Å². The molecule has 4 rings (SSSR count). The van der Waals surface area contributed by atoms with Crippen LogP contribution in [0.15, 0.2) is 59.8 Å². The summed E-state index contributed by atoms with van der Waals surface area (Å²) in [6, 6.07) is 15.1. The van der Waals surface area contributed by atoms with Gasteiger partial charge in [-0.2, -0.15) is 0 Å². The zero-order valence-corrected chi connectivity index (χ0v) is 23.8. The van der Waals surface area contributed by atoms with Gasteiger partial charge in [0.15, 0.2) is 0 Å². The molecular formula is C32H38N2O6. The second kappa shape index (κ2) is 12.9. The molecule has 1 unspecified atom stereocenters. The number of rotatable bonds is 8. The minimum Gasteiger partial charge on any atom is -0.466 e. The summed E-state index contributed by atoms with van der Waals surface area (Å²) in [5, 5.41) is 0. The molecule has 1 fully saturated rings. The van der Waals surface area contributed by atoms with Crippen LogP contribution in [0.5, 0.6) is 0 Å². The number of esters is 2. The highest BCUT2D eigenvalue weighted by Crippen LogP contribution is 2.38. The van der Waals surface area contributed by atoms with Crippen molar-refractivity contribution in [3.05, 3.63) is 82.1 Å². The van der Waals surface area contributed by atoms with Gasteiger partial charge in [-0.3, -0.25) is 14.4 Å². The highest BCUT2D eigenvalue weighted by molar-refractivity contribution is 5.96. The Kier molecular flexibility index (Phi) is 9.40. The first-order chi connectivity index (χ1) is 19.2. The number of hydrogen-bond donors (Lipinski definition) is 0. The first-order valence-electron chi connectivity index (χ1n) is 14.0. The Bertz CT molecular complexity index is 1290. The number of aryl methyl sites for hydroxylation is 1. The van der Waals surface area contributed by atoms with Gasteiger partial charge in [0.2, 0.25) is 5.91 Å². The number of likely N-dealkylation sites (tertiary alicyclic amines) is 1. The van der Waals surface area contributed by atoms with Crippen molar-refractivity contribution in [2.24, 2.45) is 5.92 Å². The molecule has 8 heteroatoms. The minimum atomic E-state index is -0.406. The minimum absolute atomic E-state index is 0.0679. The zero-order chi connectivity index (χ0) is 28.8. The fraction of sp³-hybridized carbons (Fsp3) is 0.438. The highest BCUT2D eigenvalue weighted by atomic mass is 16.5. The van der Waals surface area contributed by atoms with Gasteiger partial charge in [-0.05, 0) is 63.8 Å². The number of hydrogen-bond acceptors (Lipinski definition) is 6. The second-order valence-corrected chi connectivity index (χ2v) is 10.4. The van der Waals surface area contributed by atoms with Gasteiger partial charge in [0.1, 0.15) is 0 Å². The van der Waals surface area contributed by atoms with Crippen LogP contribution < -0.4 is 0 Å². The van der Waals surface area contributed by atoms with Crippen molar-refractivity contribution in [3.63, 3.8) is 0 Å². The van der Waals surface area contributed by atoms with Crippen molar-refractivity contribution in [1.29, 1.82) is 0 Å². The summed E-state index contributed by atoms with van der Waals surface area (Å²) in [4.78, 5) is 54.9. The smallest absolute Gasteiger partial charge is 0.336 e. The second-order valence-electron chi connectivity index (χ2n) is 10.4. The van der Waals surface area contributed by atoms with E-state index < -0.39 is 5.97 Å². The van der Waals surface area contributed by atoms with Gasteiger partial charge >= 0.3 is 11.9 Å². The van der Waals surface area contributed by atoms with Gasteiger partial charge in [0.25, 0.3) is 5.91 Å².